The zero-order chi connectivity index (χ0) is 18.8. The summed E-state index contributed by atoms with van der Waals surface area (Å²) in [6.07, 6.45) is 4.74. The van der Waals surface area contributed by atoms with E-state index in [-0.39, 0.29) is 5.91 Å². The maximum absolute atomic E-state index is 13.2. The van der Waals surface area contributed by atoms with Crippen LogP contribution >= 0.6 is 0 Å². The van der Waals surface area contributed by atoms with Crippen molar-refractivity contribution in [2.24, 2.45) is 5.92 Å². The Morgan fingerprint density at radius 2 is 1.65 bits per heavy atom. The predicted octanol–water partition coefficient (Wildman–Crippen LogP) is 5.66. The van der Waals surface area contributed by atoms with Crippen molar-refractivity contribution in [3.63, 3.8) is 0 Å². The SMILES string of the molecule is COc1cc(CC(C)C)c(C(C)C)cc1C(=O)n1cc2ccccc2c1. The van der Waals surface area contributed by atoms with E-state index < -0.39 is 0 Å². The van der Waals surface area contributed by atoms with Gasteiger partial charge in [0.25, 0.3) is 5.91 Å². The number of hydrogen-bond acceptors (Lipinski definition) is 2. The molecule has 3 nitrogen and oxygen atoms in total. The summed E-state index contributed by atoms with van der Waals surface area (Å²) < 4.78 is 7.25. The highest BCUT2D eigenvalue weighted by Crippen LogP contribution is 2.31. The fourth-order valence-corrected chi connectivity index (χ4v) is 3.47. The lowest BCUT2D eigenvalue weighted by atomic mass is 9.89. The smallest absolute Gasteiger partial charge is 0.265 e. The van der Waals surface area contributed by atoms with Crippen molar-refractivity contribution in [1.29, 1.82) is 0 Å². The van der Waals surface area contributed by atoms with Crippen LogP contribution in [-0.2, 0) is 6.42 Å². The van der Waals surface area contributed by atoms with E-state index in [4.69, 9.17) is 4.74 Å². The number of methoxy groups -OCH3 is 1. The van der Waals surface area contributed by atoms with Gasteiger partial charge in [-0.25, -0.2) is 0 Å². The Morgan fingerprint density at radius 1 is 1.04 bits per heavy atom. The minimum absolute atomic E-state index is 0.0592. The average Bonchev–Trinajstić information content (AvgIpc) is 3.04. The molecule has 0 atom stereocenters. The number of benzene rings is 2. The molecular formula is C23H27NO2. The number of carbonyl (C=O) groups is 1. The largest absolute Gasteiger partial charge is 0.496 e. The van der Waals surface area contributed by atoms with Crippen molar-refractivity contribution in [2.45, 2.75) is 40.0 Å². The van der Waals surface area contributed by atoms with Gasteiger partial charge in [-0.15, -0.1) is 0 Å². The normalized spacial score (nSPS) is 11.5. The molecule has 0 unspecified atom stereocenters. The molecule has 0 aliphatic carbocycles. The molecule has 0 saturated carbocycles. The van der Waals surface area contributed by atoms with Gasteiger partial charge in [0.05, 0.1) is 12.7 Å². The summed E-state index contributed by atoms with van der Waals surface area (Å²) in [5.74, 6) is 1.49. The third-order valence-corrected chi connectivity index (χ3v) is 4.73. The molecule has 0 saturated heterocycles. The zero-order valence-corrected chi connectivity index (χ0v) is 16.2. The van der Waals surface area contributed by atoms with E-state index in [1.165, 1.54) is 11.1 Å². The molecule has 0 aliphatic heterocycles. The van der Waals surface area contributed by atoms with E-state index in [1.807, 2.05) is 48.8 Å². The lowest BCUT2D eigenvalue weighted by Gasteiger charge is -2.19. The first-order valence-corrected chi connectivity index (χ1v) is 9.23. The Kier molecular flexibility index (Phi) is 5.17. The first-order valence-electron chi connectivity index (χ1n) is 9.23. The third-order valence-electron chi connectivity index (χ3n) is 4.73. The van der Waals surface area contributed by atoms with E-state index in [1.54, 1.807) is 11.7 Å². The van der Waals surface area contributed by atoms with Crippen LogP contribution in [0.5, 0.6) is 5.75 Å². The van der Waals surface area contributed by atoms with Gasteiger partial charge in [0, 0.05) is 12.4 Å². The lowest BCUT2D eigenvalue weighted by molar-refractivity contribution is 0.0957. The number of ether oxygens (including phenoxy) is 1. The van der Waals surface area contributed by atoms with Gasteiger partial charge in [-0.1, -0.05) is 52.0 Å². The van der Waals surface area contributed by atoms with Crippen molar-refractivity contribution in [1.82, 2.24) is 4.57 Å². The highest BCUT2D eigenvalue weighted by atomic mass is 16.5. The van der Waals surface area contributed by atoms with Gasteiger partial charge >= 0.3 is 0 Å². The van der Waals surface area contributed by atoms with Gasteiger partial charge in [-0.3, -0.25) is 9.36 Å². The second kappa shape index (κ2) is 7.36. The van der Waals surface area contributed by atoms with Gasteiger partial charge in [0.2, 0.25) is 0 Å². The summed E-state index contributed by atoms with van der Waals surface area (Å²) >= 11 is 0. The summed E-state index contributed by atoms with van der Waals surface area (Å²) in [6, 6.07) is 12.1. The molecule has 0 amide bonds. The van der Waals surface area contributed by atoms with Gasteiger partial charge in [0.15, 0.2) is 0 Å². The number of nitrogens with zero attached hydrogens (tertiary/aromatic N) is 1. The number of aromatic nitrogens is 1. The zero-order valence-electron chi connectivity index (χ0n) is 16.2. The van der Waals surface area contributed by atoms with E-state index >= 15 is 0 Å². The molecule has 0 N–H and O–H groups in total. The van der Waals surface area contributed by atoms with Crippen molar-refractivity contribution in [3.8, 4) is 5.75 Å². The molecule has 0 spiro atoms. The quantitative estimate of drug-likeness (QED) is 0.595. The topological polar surface area (TPSA) is 31.2 Å². The van der Waals surface area contributed by atoms with Crippen LogP contribution in [-0.4, -0.2) is 17.6 Å². The number of carbonyl (C=O) groups excluding carboxylic acids is 1. The molecule has 3 aromatic rings. The maximum atomic E-state index is 13.2. The van der Waals surface area contributed by atoms with Crippen LogP contribution in [0.2, 0.25) is 0 Å². The molecule has 0 fully saturated rings. The summed E-state index contributed by atoms with van der Waals surface area (Å²) in [4.78, 5) is 13.2. The summed E-state index contributed by atoms with van der Waals surface area (Å²) in [5.41, 5.74) is 3.10. The molecule has 0 bridgehead atoms. The second-order valence-electron chi connectivity index (χ2n) is 7.60. The molecule has 2 aromatic carbocycles. The van der Waals surface area contributed by atoms with Crippen LogP contribution in [0.4, 0.5) is 0 Å². The Balaban J connectivity index is 2.10. The number of fused-ring (bicyclic) bond motifs is 1. The van der Waals surface area contributed by atoms with E-state index in [0.29, 0.717) is 23.1 Å². The predicted molar refractivity (Wildman–Crippen MR) is 107 cm³/mol. The van der Waals surface area contributed by atoms with E-state index in [9.17, 15) is 4.79 Å². The highest BCUT2D eigenvalue weighted by molar-refractivity contribution is 6.01. The molecule has 0 radical (unpaired) electrons. The van der Waals surface area contributed by atoms with Crippen molar-refractivity contribution < 1.29 is 9.53 Å². The molecule has 0 aliphatic rings. The standard InChI is InChI=1S/C23H27NO2/c1-15(2)10-19-11-22(26-5)21(12-20(19)16(3)4)23(25)24-13-17-8-6-7-9-18(17)14-24/h6-9,11-16H,10H2,1-5H3. The van der Waals surface area contributed by atoms with Crippen LogP contribution in [0.3, 0.4) is 0 Å². The van der Waals surface area contributed by atoms with Gasteiger partial charge in [-0.05, 0) is 52.3 Å². The first kappa shape index (κ1) is 18.2. The van der Waals surface area contributed by atoms with Crippen LogP contribution in [0.1, 0.15) is 55.1 Å². The van der Waals surface area contributed by atoms with E-state index in [0.717, 1.165) is 17.2 Å². The van der Waals surface area contributed by atoms with Gasteiger partial charge < -0.3 is 4.74 Å². The lowest BCUT2D eigenvalue weighted by Crippen LogP contribution is -2.13. The summed E-state index contributed by atoms with van der Waals surface area (Å²) in [7, 11) is 1.63. The molecule has 1 heterocycles. The van der Waals surface area contributed by atoms with Gasteiger partial charge in [-0.2, -0.15) is 0 Å². The van der Waals surface area contributed by atoms with Crippen molar-refractivity contribution in [3.05, 3.63) is 65.5 Å². The Morgan fingerprint density at radius 3 is 2.15 bits per heavy atom. The minimum atomic E-state index is -0.0592. The van der Waals surface area contributed by atoms with Crippen LogP contribution in [0.15, 0.2) is 48.8 Å². The number of rotatable bonds is 5. The summed E-state index contributed by atoms with van der Waals surface area (Å²) in [5, 5.41) is 2.11. The molecule has 136 valence electrons. The van der Waals surface area contributed by atoms with Crippen LogP contribution in [0, 0.1) is 5.92 Å². The molecular weight excluding hydrogens is 322 g/mol. The van der Waals surface area contributed by atoms with Gasteiger partial charge in [0.1, 0.15) is 5.75 Å². The average molecular weight is 349 g/mol. The Hall–Kier alpha value is -2.55. The fraction of sp³-hybridized carbons (Fsp3) is 0.348. The maximum Gasteiger partial charge on any atom is 0.265 e. The number of hydrogen-bond donors (Lipinski definition) is 0. The molecule has 3 heteroatoms. The second-order valence-corrected chi connectivity index (χ2v) is 7.60. The molecule has 3 rings (SSSR count). The molecule has 26 heavy (non-hydrogen) atoms. The Labute approximate surface area is 155 Å². The van der Waals surface area contributed by atoms with E-state index in [2.05, 4.69) is 27.7 Å². The third kappa shape index (κ3) is 3.52. The highest BCUT2D eigenvalue weighted by Gasteiger charge is 2.20. The summed E-state index contributed by atoms with van der Waals surface area (Å²) in [6.45, 7) is 8.76. The van der Waals surface area contributed by atoms with Crippen LogP contribution in [0.25, 0.3) is 10.8 Å². The monoisotopic (exact) mass is 349 g/mol. The fourth-order valence-electron chi connectivity index (χ4n) is 3.47. The Bertz CT molecular complexity index is 902. The van der Waals surface area contributed by atoms with Crippen molar-refractivity contribution in [2.75, 3.05) is 7.11 Å². The first-order chi connectivity index (χ1) is 12.4. The molecule has 1 aromatic heterocycles. The van der Waals surface area contributed by atoms with Crippen molar-refractivity contribution >= 4 is 16.7 Å². The van der Waals surface area contributed by atoms with Crippen LogP contribution < -0.4 is 4.74 Å². The minimum Gasteiger partial charge on any atom is -0.496 e.